The second-order valence-corrected chi connectivity index (χ2v) is 10.1. The van der Waals surface area contributed by atoms with Gasteiger partial charge in [-0.2, -0.15) is 0 Å². The van der Waals surface area contributed by atoms with Crippen molar-refractivity contribution >= 4 is 17.9 Å². The fourth-order valence-electron chi connectivity index (χ4n) is 4.08. The summed E-state index contributed by atoms with van der Waals surface area (Å²) in [6, 6.07) is 0. The number of rotatable bonds is 22. The third kappa shape index (κ3) is 15.1. The van der Waals surface area contributed by atoms with Crippen molar-refractivity contribution in [1.29, 1.82) is 0 Å². The summed E-state index contributed by atoms with van der Waals surface area (Å²) in [5.41, 5.74) is 0. The number of nitrogens with zero attached hydrogens (tertiary/aromatic N) is 1. The summed E-state index contributed by atoms with van der Waals surface area (Å²) in [7, 11) is 0. The van der Waals surface area contributed by atoms with Gasteiger partial charge in [-0.3, -0.25) is 14.4 Å². The van der Waals surface area contributed by atoms with E-state index in [1.165, 1.54) is 25.7 Å². The minimum Gasteiger partial charge on any atom is -0.481 e. The summed E-state index contributed by atoms with van der Waals surface area (Å²) in [5.74, 6) is -3.95. The molecule has 0 saturated carbocycles. The first-order chi connectivity index (χ1) is 16.0. The number of allylic oxidation sites excluding steroid dienone is 2. The predicted molar refractivity (Wildman–Crippen MR) is 136 cm³/mol. The van der Waals surface area contributed by atoms with Crippen molar-refractivity contribution in [2.24, 2.45) is 17.8 Å². The topological polar surface area (TPSA) is 112 Å². The van der Waals surface area contributed by atoms with Gasteiger partial charge in [-0.25, -0.2) is 0 Å². The fraction of sp³-hybridized carbons (Fsp3) is 0.815. The number of unbranched alkanes of at least 4 members (excludes halogenated alkanes) is 6. The molecule has 0 aromatic carbocycles. The molecule has 0 fully saturated rings. The van der Waals surface area contributed by atoms with Crippen LogP contribution in [0.1, 0.15) is 98.3 Å². The van der Waals surface area contributed by atoms with Crippen LogP contribution in [0, 0.1) is 17.8 Å². The second-order valence-electron chi connectivity index (χ2n) is 10.1. The molecular formula is C27H50NO6+. The lowest BCUT2D eigenvalue weighted by atomic mass is 10.0. The Labute approximate surface area is 206 Å². The van der Waals surface area contributed by atoms with Crippen LogP contribution in [0.25, 0.3) is 0 Å². The highest BCUT2D eigenvalue weighted by atomic mass is 16.4. The summed E-state index contributed by atoms with van der Waals surface area (Å²) in [5, 5.41) is 28.1. The number of hydrogen-bond acceptors (Lipinski definition) is 3. The number of carboxylic acid groups (broad SMARTS) is 3. The van der Waals surface area contributed by atoms with Crippen molar-refractivity contribution in [3.05, 3.63) is 12.2 Å². The molecule has 0 radical (unpaired) electrons. The second kappa shape index (κ2) is 18.4. The zero-order chi connectivity index (χ0) is 26.0. The highest BCUT2D eigenvalue weighted by Crippen LogP contribution is 2.21. The first-order valence-electron chi connectivity index (χ1n) is 13.2. The lowest BCUT2D eigenvalue weighted by molar-refractivity contribution is -0.929. The van der Waals surface area contributed by atoms with Crippen LogP contribution in [0.2, 0.25) is 0 Å². The molecule has 0 aromatic heterocycles. The molecule has 0 aliphatic rings. The van der Waals surface area contributed by atoms with Crippen LogP contribution < -0.4 is 0 Å². The van der Waals surface area contributed by atoms with E-state index in [9.17, 15) is 29.7 Å². The van der Waals surface area contributed by atoms with E-state index >= 15 is 0 Å². The van der Waals surface area contributed by atoms with E-state index in [-0.39, 0.29) is 0 Å². The van der Waals surface area contributed by atoms with E-state index in [2.05, 4.69) is 19.1 Å². The zero-order valence-corrected chi connectivity index (χ0v) is 22.0. The summed E-state index contributed by atoms with van der Waals surface area (Å²) >= 11 is 0. The first-order valence-corrected chi connectivity index (χ1v) is 13.2. The molecule has 0 heterocycles. The molecule has 0 saturated heterocycles. The van der Waals surface area contributed by atoms with E-state index in [4.69, 9.17) is 0 Å². The maximum absolute atomic E-state index is 11.4. The Hall–Kier alpha value is -1.89. The molecule has 198 valence electrons. The molecule has 0 rings (SSSR count). The minimum absolute atomic E-state index is 0.484. The minimum atomic E-state index is -0.833. The molecule has 3 N–H and O–H groups in total. The molecule has 0 aliphatic heterocycles. The summed E-state index contributed by atoms with van der Waals surface area (Å²) < 4.78 is 0.591. The van der Waals surface area contributed by atoms with Gasteiger partial charge in [-0.15, -0.1) is 0 Å². The molecule has 0 spiro atoms. The Morgan fingerprint density at radius 1 is 0.618 bits per heavy atom. The van der Waals surface area contributed by atoms with Gasteiger partial charge in [0.15, 0.2) is 0 Å². The van der Waals surface area contributed by atoms with Crippen LogP contribution in [0.15, 0.2) is 12.2 Å². The fourth-order valence-corrected chi connectivity index (χ4v) is 4.08. The van der Waals surface area contributed by atoms with Gasteiger partial charge in [0, 0.05) is 19.3 Å². The highest BCUT2D eigenvalue weighted by molar-refractivity contribution is 5.70. The Kier molecular flexibility index (Phi) is 17.4. The molecule has 3 unspecified atom stereocenters. The van der Waals surface area contributed by atoms with Crippen molar-refractivity contribution in [1.82, 2.24) is 0 Å². The number of carboxylic acids is 3. The van der Waals surface area contributed by atoms with Crippen LogP contribution in [0.5, 0.6) is 0 Å². The predicted octanol–water partition coefficient (Wildman–Crippen LogP) is 5.83. The highest BCUT2D eigenvalue weighted by Gasteiger charge is 2.31. The van der Waals surface area contributed by atoms with Crippen LogP contribution in [0.4, 0.5) is 0 Å². The molecular weight excluding hydrogens is 434 g/mol. The van der Waals surface area contributed by atoms with Gasteiger partial charge in [0.1, 0.15) is 0 Å². The van der Waals surface area contributed by atoms with Gasteiger partial charge in [0.05, 0.1) is 43.9 Å². The van der Waals surface area contributed by atoms with E-state index < -0.39 is 35.7 Å². The largest absolute Gasteiger partial charge is 0.481 e. The molecule has 3 atom stereocenters. The Bertz CT molecular complexity index is 558. The Balaban J connectivity index is 5.15. The third-order valence-electron chi connectivity index (χ3n) is 7.02. The van der Waals surface area contributed by atoms with Gasteiger partial charge in [0.25, 0.3) is 0 Å². The number of quaternary nitrogens is 1. The Morgan fingerprint density at radius 2 is 1.00 bits per heavy atom. The summed E-state index contributed by atoms with van der Waals surface area (Å²) in [4.78, 5) is 34.2. The van der Waals surface area contributed by atoms with Gasteiger partial charge < -0.3 is 19.8 Å². The summed E-state index contributed by atoms with van der Waals surface area (Å²) in [6.07, 6.45) is 15.1. The lowest BCUT2D eigenvalue weighted by Gasteiger charge is -2.40. The molecule has 0 bridgehead atoms. The molecule has 7 heteroatoms. The van der Waals surface area contributed by atoms with E-state index in [1.54, 1.807) is 20.8 Å². The van der Waals surface area contributed by atoms with Crippen LogP contribution in [-0.4, -0.2) is 63.9 Å². The molecule has 0 amide bonds. The zero-order valence-electron chi connectivity index (χ0n) is 22.0. The van der Waals surface area contributed by atoms with Crippen molar-refractivity contribution < 1.29 is 34.2 Å². The number of hydrogen-bond donors (Lipinski definition) is 3. The molecule has 7 nitrogen and oxygen atoms in total. The monoisotopic (exact) mass is 484 g/mol. The number of aliphatic carboxylic acids is 3. The molecule has 0 aliphatic carbocycles. The normalized spacial score (nSPS) is 16.1. The summed E-state index contributed by atoms with van der Waals surface area (Å²) in [6.45, 7) is 9.99. The van der Waals surface area contributed by atoms with Gasteiger partial charge >= 0.3 is 17.9 Å². The van der Waals surface area contributed by atoms with Crippen molar-refractivity contribution in [2.75, 3.05) is 26.2 Å². The average Bonchev–Trinajstić information content (AvgIpc) is 2.79. The van der Waals surface area contributed by atoms with E-state index in [1.807, 2.05) is 0 Å². The lowest BCUT2D eigenvalue weighted by Crippen LogP contribution is -2.52. The standard InChI is InChI=1S/C27H49NO6/c1-5-6-7-8-9-10-11-12-13-14-18-28(19-15-22(2)25(29)30,20-16-23(3)26(31)32)21-17-24(4)27(33)34/h10-11,22-24H,5-9,12-21H2,1-4H3,(H2-,29,30,31,32,33,34)/p+1/b11-10+. The average molecular weight is 485 g/mol. The van der Waals surface area contributed by atoms with Crippen molar-refractivity contribution in [3.8, 4) is 0 Å². The van der Waals surface area contributed by atoms with Crippen LogP contribution in [0.3, 0.4) is 0 Å². The molecule has 0 aromatic rings. The van der Waals surface area contributed by atoms with Crippen molar-refractivity contribution in [2.45, 2.75) is 98.3 Å². The SMILES string of the molecule is CCCCCC/C=C/CCCC[N+](CCC(C)C(=O)O)(CCC(C)C(=O)O)CCC(C)C(=O)O. The van der Waals surface area contributed by atoms with Crippen LogP contribution in [-0.2, 0) is 14.4 Å². The van der Waals surface area contributed by atoms with Crippen LogP contribution >= 0.6 is 0 Å². The van der Waals surface area contributed by atoms with Gasteiger partial charge in [0.2, 0.25) is 0 Å². The first kappa shape index (κ1) is 32.1. The van der Waals surface area contributed by atoms with Crippen molar-refractivity contribution in [3.63, 3.8) is 0 Å². The number of carbonyl (C=O) groups is 3. The molecule has 34 heavy (non-hydrogen) atoms. The quantitative estimate of drug-likeness (QED) is 0.101. The Morgan fingerprint density at radius 3 is 1.35 bits per heavy atom. The third-order valence-corrected chi connectivity index (χ3v) is 7.02. The van der Waals surface area contributed by atoms with E-state index in [0.717, 1.165) is 32.2 Å². The maximum atomic E-state index is 11.4. The maximum Gasteiger partial charge on any atom is 0.306 e. The smallest absolute Gasteiger partial charge is 0.306 e. The van der Waals surface area contributed by atoms with Gasteiger partial charge in [-0.05, 0) is 32.1 Å². The van der Waals surface area contributed by atoms with E-state index in [0.29, 0.717) is 43.4 Å². The van der Waals surface area contributed by atoms with Gasteiger partial charge in [-0.1, -0.05) is 59.1 Å².